The monoisotopic (exact) mass is 333 g/mol. The number of aromatic hydroxyl groups is 1. The maximum absolute atomic E-state index is 9.44. The minimum Gasteiger partial charge on any atom is -0.506 e. The van der Waals surface area contributed by atoms with Crippen molar-refractivity contribution in [1.82, 2.24) is 10.4 Å². The van der Waals surface area contributed by atoms with Crippen LogP contribution in [0.5, 0.6) is 5.75 Å². The summed E-state index contributed by atoms with van der Waals surface area (Å²) in [6, 6.07) is 13.8. The van der Waals surface area contributed by atoms with Gasteiger partial charge < -0.3 is 5.11 Å². The standard InChI is InChI=1S/C16H16ClN3OS/c17-15-7-14(4-5-16(15)21)22-9-13-3-1-2-12(6-13)8-20-11-18-10-19-20/h1-7,11,19,21H,8-10H2. The molecular weight excluding hydrogens is 318 g/mol. The third kappa shape index (κ3) is 3.94. The first kappa shape index (κ1) is 15.2. The molecule has 0 radical (unpaired) electrons. The van der Waals surface area contributed by atoms with Crippen molar-refractivity contribution >= 4 is 29.7 Å². The second kappa shape index (κ2) is 7.05. The fraction of sp³-hybridized carbons (Fsp3) is 0.188. The Kier molecular flexibility index (Phi) is 4.87. The number of benzene rings is 2. The van der Waals surface area contributed by atoms with Crippen LogP contribution in [0.1, 0.15) is 11.1 Å². The van der Waals surface area contributed by atoms with Crippen molar-refractivity contribution in [2.45, 2.75) is 17.2 Å². The molecule has 1 heterocycles. The highest BCUT2D eigenvalue weighted by atomic mass is 35.5. The Morgan fingerprint density at radius 1 is 1.23 bits per heavy atom. The van der Waals surface area contributed by atoms with E-state index < -0.39 is 0 Å². The summed E-state index contributed by atoms with van der Waals surface area (Å²) < 4.78 is 0. The van der Waals surface area contributed by atoms with E-state index in [-0.39, 0.29) is 5.75 Å². The van der Waals surface area contributed by atoms with Crippen molar-refractivity contribution < 1.29 is 5.11 Å². The van der Waals surface area contributed by atoms with E-state index in [1.54, 1.807) is 23.9 Å². The molecule has 0 saturated heterocycles. The second-order valence-corrected chi connectivity index (χ2v) is 6.42. The van der Waals surface area contributed by atoms with Gasteiger partial charge in [-0.25, -0.2) is 5.43 Å². The fourth-order valence-corrected chi connectivity index (χ4v) is 3.29. The first-order chi connectivity index (χ1) is 10.7. The molecule has 4 nitrogen and oxygen atoms in total. The Hall–Kier alpha value is -1.69. The summed E-state index contributed by atoms with van der Waals surface area (Å²) in [7, 11) is 0. The molecule has 0 spiro atoms. The van der Waals surface area contributed by atoms with Gasteiger partial charge in [-0.2, -0.15) is 0 Å². The second-order valence-electron chi connectivity index (χ2n) is 4.96. The SMILES string of the molecule is Oc1ccc(SCc2cccc(CN3C=NCN3)c2)cc1Cl. The van der Waals surface area contributed by atoms with Gasteiger partial charge in [0.05, 0.1) is 11.6 Å². The van der Waals surface area contributed by atoms with Gasteiger partial charge in [-0.15, -0.1) is 11.8 Å². The molecule has 0 aliphatic carbocycles. The summed E-state index contributed by atoms with van der Waals surface area (Å²) in [5, 5.41) is 11.8. The zero-order valence-corrected chi connectivity index (χ0v) is 13.4. The zero-order valence-electron chi connectivity index (χ0n) is 11.9. The van der Waals surface area contributed by atoms with Gasteiger partial charge in [0.25, 0.3) is 0 Å². The Bertz CT molecular complexity index is 693. The van der Waals surface area contributed by atoms with Crippen LogP contribution in [0, 0.1) is 0 Å². The molecular formula is C16H16ClN3OS. The molecule has 0 aromatic heterocycles. The molecule has 2 aromatic rings. The minimum absolute atomic E-state index is 0.118. The van der Waals surface area contributed by atoms with Crippen molar-refractivity contribution in [2.75, 3.05) is 6.67 Å². The van der Waals surface area contributed by atoms with E-state index in [4.69, 9.17) is 11.6 Å². The van der Waals surface area contributed by atoms with Gasteiger partial charge in [0.15, 0.2) is 0 Å². The van der Waals surface area contributed by atoms with Gasteiger partial charge in [0.2, 0.25) is 0 Å². The lowest BCUT2D eigenvalue weighted by Gasteiger charge is -2.14. The average Bonchev–Trinajstić information content (AvgIpc) is 3.02. The van der Waals surface area contributed by atoms with Crippen LogP contribution < -0.4 is 5.43 Å². The van der Waals surface area contributed by atoms with Gasteiger partial charge in [-0.05, 0) is 29.3 Å². The van der Waals surface area contributed by atoms with Crippen LogP contribution in [0.4, 0.5) is 0 Å². The third-order valence-electron chi connectivity index (χ3n) is 3.26. The third-order valence-corrected chi connectivity index (χ3v) is 4.62. The average molecular weight is 334 g/mol. The van der Waals surface area contributed by atoms with E-state index in [9.17, 15) is 5.11 Å². The van der Waals surface area contributed by atoms with Gasteiger partial charge in [-0.1, -0.05) is 35.9 Å². The lowest BCUT2D eigenvalue weighted by atomic mass is 10.1. The van der Waals surface area contributed by atoms with Crippen LogP contribution in [-0.4, -0.2) is 23.1 Å². The molecule has 0 amide bonds. The van der Waals surface area contributed by atoms with E-state index in [0.29, 0.717) is 11.7 Å². The number of hydrogen-bond acceptors (Lipinski definition) is 5. The van der Waals surface area contributed by atoms with E-state index in [1.165, 1.54) is 11.1 Å². The van der Waals surface area contributed by atoms with Crippen LogP contribution in [0.25, 0.3) is 0 Å². The molecule has 0 bridgehead atoms. The van der Waals surface area contributed by atoms with Crippen molar-refractivity contribution in [3.05, 3.63) is 58.6 Å². The summed E-state index contributed by atoms with van der Waals surface area (Å²) in [6.45, 7) is 1.45. The molecule has 2 aromatic carbocycles. The van der Waals surface area contributed by atoms with E-state index >= 15 is 0 Å². The van der Waals surface area contributed by atoms with Gasteiger partial charge in [0.1, 0.15) is 18.8 Å². The maximum atomic E-state index is 9.44. The molecule has 1 aliphatic heterocycles. The van der Waals surface area contributed by atoms with Crippen LogP contribution in [0.2, 0.25) is 5.02 Å². The topological polar surface area (TPSA) is 47.9 Å². The molecule has 0 unspecified atom stereocenters. The maximum Gasteiger partial charge on any atom is 0.134 e. The van der Waals surface area contributed by atoms with Gasteiger partial charge >= 0.3 is 0 Å². The lowest BCUT2D eigenvalue weighted by molar-refractivity contribution is 0.342. The summed E-state index contributed by atoms with van der Waals surface area (Å²) in [5.74, 6) is 0.976. The summed E-state index contributed by atoms with van der Waals surface area (Å²) >= 11 is 7.62. The summed E-state index contributed by atoms with van der Waals surface area (Å²) in [6.07, 6.45) is 1.82. The zero-order chi connectivity index (χ0) is 15.4. The van der Waals surface area contributed by atoms with Gasteiger partial charge in [-0.3, -0.25) is 10.0 Å². The number of phenolic OH excluding ortho intramolecular Hbond substituents is 1. The van der Waals surface area contributed by atoms with Crippen molar-refractivity contribution in [1.29, 1.82) is 0 Å². The predicted octanol–water partition coefficient (Wildman–Crippen LogP) is 3.64. The van der Waals surface area contributed by atoms with Gasteiger partial charge in [0, 0.05) is 10.6 Å². The van der Waals surface area contributed by atoms with Crippen molar-refractivity contribution in [2.24, 2.45) is 4.99 Å². The Labute approximate surface area is 138 Å². The van der Waals surface area contributed by atoms with E-state index in [1.807, 2.05) is 17.4 Å². The van der Waals surface area contributed by atoms with Crippen LogP contribution in [-0.2, 0) is 12.3 Å². The van der Waals surface area contributed by atoms with Crippen LogP contribution in [0.15, 0.2) is 52.4 Å². The number of rotatable bonds is 5. The number of thioether (sulfide) groups is 1. The number of halogens is 1. The molecule has 0 atom stereocenters. The fourth-order valence-electron chi connectivity index (χ4n) is 2.17. The van der Waals surface area contributed by atoms with E-state index in [0.717, 1.165) is 17.2 Å². The highest BCUT2D eigenvalue weighted by Crippen LogP contribution is 2.30. The molecule has 22 heavy (non-hydrogen) atoms. The molecule has 2 N–H and O–H groups in total. The Morgan fingerprint density at radius 2 is 2.09 bits per heavy atom. The molecule has 114 valence electrons. The number of nitrogens with zero attached hydrogens (tertiary/aromatic N) is 2. The molecule has 3 rings (SSSR count). The van der Waals surface area contributed by atoms with Crippen LogP contribution >= 0.6 is 23.4 Å². The normalized spacial score (nSPS) is 13.8. The quantitative estimate of drug-likeness (QED) is 0.820. The minimum atomic E-state index is 0.118. The number of hydrogen-bond donors (Lipinski definition) is 2. The number of hydrazine groups is 1. The highest BCUT2D eigenvalue weighted by Gasteiger charge is 2.06. The first-order valence-corrected chi connectivity index (χ1v) is 8.26. The lowest BCUT2D eigenvalue weighted by Crippen LogP contribution is -2.30. The Balaban J connectivity index is 1.62. The molecule has 1 aliphatic rings. The first-order valence-electron chi connectivity index (χ1n) is 6.90. The largest absolute Gasteiger partial charge is 0.506 e. The predicted molar refractivity (Wildman–Crippen MR) is 91.2 cm³/mol. The van der Waals surface area contributed by atoms with Crippen molar-refractivity contribution in [3.8, 4) is 5.75 Å². The molecule has 0 fully saturated rings. The summed E-state index contributed by atoms with van der Waals surface area (Å²) in [4.78, 5) is 5.17. The van der Waals surface area contributed by atoms with E-state index in [2.05, 4.69) is 34.7 Å². The summed E-state index contributed by atoms with van der Waals surface area (Å²) in [5.41, 5.74) is 5.65. The molecule has 0 saturated carbocycles. The highest BCUT2D eigenvalue weighted by molar-refractivity contribution is 7.98. The number of phenols is 1. The van der Waals surface area contributed by atoms with Crippen LogP contribution in [0.3, 0.4) is 0 Å². The van der Waals surface area contributed by atoms with Crippen molar-refractivity contribution in [3.63, 3.8) is 0 Å². The Morgan fingerprint density at radius 3 is 2.86 bits per heavy atom. The molecule has 6 heteroatoms. The number of nitrogens with one attached hydrogen (secondary N) is 1. The smallest absolute Gasteiger partial charge is 0.134 e. The number of aliphatic imine (C=N–C) groups is 1.